The van der Waals surface area contributed by atoms with Gasteiger partial charge in [0.2, 0.25) is 5.43 Å². The molecule has 1 aliphatic heterocycles. The van der Waals surface area contributed by atoms with Crippen LogP contribution in [0.3, 0.4) is 0 Å². The summed E-state index contributed by atoms with van der Waals surface area (Å²) in [4.78, 5) is 59.8. The van der Waals surface area contributed by atoms with Crippen LogP contribution in [0.5, 0.6) is 0 Å². The van der Waals surface area contributed by atoms with Gasteiger partial charge in [0, 0.05) is 74.3 Å². The zero-order valence-electron chi connectivity index (χ0n) is 23.1. The number of aromatic nitrogens is 6. The van der Waals surface area contributed by atoms with E-state index in [4.69, 9.17) is 9.97 Å². The minimum absolute atomic E-state index is 0.0811. The van der Waals surface area contributed by atoms with E-state index in [0.717, 1.165) is 0 Å². The Kier molecular flexibility index (Phi) is 6.91. The number of nitrogens with zero attached hydrogens (tertiary/aromatic N) is 8. The summed E-state index contributed by atoms with van der Waals surface area (Å²) < 4.78 is 3.32. The predicted molar refractivity (Wildman–Crippen MR) is 168 cm³/mol. The monoisotopic (exact) mass is 628 g/mol. The van der Waals surface area contributed by atoms with E-state index >= 15 is 0 Å². The molecule has 2 atom stereocenters. The number of aliphatic hydroxyl groups excluding tert-OH is 1. The number of carboxylic acid groups (broad SMARTS) is 1. The van der Waals surface area contributed by atoms with E-state index < -0.39 is 11.4 Å². The SMILES string of the molecule is CN(c1ccc2c(=O)ccn(-c3nccs3)c2n1)[C@H]1CN(c2ccc3c(=O)c(C(=O)O)cn(-c4nccs4)c3n2)C[C@@H]1CO. The van der Waals surface area contributed by atoms with Crippen molar-refractivity contribution in [3.8, 4) is 10.3 Å². The van der Waals surface area contributed by atoms with Crippen LogP contribution in [0.2, 0.25) is 0 Å². The Morgan fingerprint density at radius 2 is 1.66 bits per heavy atom. The molecule has 0 aromatic carbocycles. The van der Waals surface area contributed by atoms with Crippen LogP contribution in [0.1, 0.15) is 10.4 Å². The normalized spacial score (nSPS) is 16.6. The summed E-state index contributed by atoms with van der Waals surface area (Å²) in [5.41, 5.74) is -0.340. The van der Waals surface area contributed by atoms with Crippen molar-refractivity contribution in [3.63, 3.8) is 0 Å². The molecule has 13 nitrogen and oxygen atoms in total. The molecular formula is C29H24N8O5S2. The smallest absolute Gasteiger partial charge is 0.341 e. The van der Waals surface area contributed by atoms with E-state index in [-0.39, 0.29) is 34.9 Å². The topological polar surface area (TPSA) is 160 Å². The number of carbonyl (C=O) groups is 1. The molecule has 15 heteroatoms. The first-order valence-electron chi connectivity index (χ1n) is 13.5. The Morgan fingerprint density at radius 1 is 0.955 bits per heavy atom. The zero-order valence-corrected chi connectivity index (χ0v) is 24.8. The lowest BCUT2D eigenvalue weighted by molar-refractivity contribution is 0.0695. The highest BCUT2D eigenvalue weighted by molar-refractivity contribution is 7.12. The Labute approximate surface area is 256 Å². The minimum Gasteiger partial charge on any atom is -0.477 e. The van der Waals surface area contributed by atoms with Crippen LogP contribution in [-0.4, -0.2) is 78.0 Å². The molecule has 7 heterocycles. The van der Waals surface area contributed by atoms with Gasteiger partial charge in [0.1, 0.15) is 17.2 Å². The average molecular weight is 629 g/mol. The first-order chi connectivity index (χ1) is 21.3. The molecule has 1 fully saturated rings. The van der Waals surface area contributed by atoms with Crippen molar-refractivity contribution in [2.45, 2.75) is 6.04 Å². The van der Waals surface area contributed by atoms with E-state index in [0.29, 0.717) is 51.7 Å². The number of rotatable bonds is 7. The van der Waals surface area contributed by atoms with Crippen molar-refractivity contribution < 1.29 is 15.0 Å². The van der Waals surface area contributed by atoms with Crippen LogP contribution in [-0.2, 0) is 0 Å². The largest absolute Gasteiger partial charge is 0.477 e. The van der Waals surface area contributed by atoms with Gasteiger partial charge in [0.05, 0.1) is 16.8 Å². The molecule has 0 bridgehead atoms. The summed E-state index contributed by atoms with van der Waals surface area (Å²) in [5.74, 6) is -0.288. The molecule has 6 aromatic rings. The molecule has 0 spiro atoms. The van der Waals surface area contributed by atoms with Crippen molar-refractivity contribution >= 4 is 62.3 Å². The molecule has 0 unspecified atom stereocenters. The molecule has 1 saturated heterocycles. The quantitative estimate of drug-likeness (QED) is 0.268. The number of likely N-dealkylation sites (N-methyl/N-ethyl adjacent to an activating group) is 1. The Hall–Kier alpha value is -4.99. The number of aromatic carboxylic acids is 1. The maximum absolute atomic E-state index is 13.0. The molecule has 222 valence electrons. The van der Waals surface area contributed by atoms with E-state index in [1.165, 1.54) is 39.5 Å². The Balaban J connectivity index is 1.25. The summed E-state index contributed by atoms with van der Waals surface area (Å²) in [6.07, 6.45) is 6.22. The fourth-order valence-corrected chi connectivity index (χ4v) is 6.88. The number of carboxylic acids is 1. The van der Waals surface area contributed by atoms with Gasteiger partial charge in [0.15, 0.2) is 27.0 Å². The molecule has 0 saturated carbocycles. The van der Waals surface area contributed by atoms with Crippen LogP contribution >= 0.6 is 22.7 Å². The predicted octanol–water partition coefficient (Wildman–Crippen LogP) is 2.63. The van der Waals surface area contributed by atoms with Gasteiger partial charge in [-0.15, -0.1) is 22.7 Å². The number of thiazole rings is 2. The van der Waals surface area contributed by atoms with Gasteiger partial charge in [-0.2, -0.15) is 0 Å². The zero-order chi connectivity index (χ0) is 30.5. The molecule has 44 heavy (non-hydrogen) atoms. The molecule has 0 amide bonds. The summed E-state index contributed by atoms with van der Waals surface area (Å²) in [7, 11) is 1.90. The van der Waals surface area contributed by atoms with Gasteiger partial charge >= 0.3 is 5.97 Å². The van der Waals surface area contributed by atoms with Gasteiger partial charge < -0.3 is 20.0 Å². The maximum Gasteiger partial charge on any atom is 0.341 e. The molecule has 1 aliphatic rings. The molecule has 2 N–H and O–H groups in total. The molecular weight excluding hydrogens is 605 g/mol. The van der Waals surface area contributed by atoms with Crippen molar-refractivity contribution in [2.75, 3.05) is 36.5 Å². The van der Waals surface area contributed by atoms with Crippen LogP contribution in [0, 0.1) is 5.92 Å². The Bertz CT molecular complexity index is 2150. The second-order valence-electron chi connectivity index (χ2n) is 10.3. The van der Waals surface area contributed by atoms with Crippen LogP contribution in [0.4, 0.5) is 11.6 Å². The second-order valence-corrected chi connectivity index (χ2v) is 12.1. The lowest BCUT2D eigenvalue weighted by atomic mass is 10.0. The van der Waals surface area contributed by atoms with E-state index in [9.17, 15) is 24.6 Å². The van der Waals surface area contributed by atoms with E-state index in [2.05, 4.69) is 9.97 Å². The minimum atomic E-state index is -1.33. The average Bonchev–Trinajstić information content (AvgIpc) is 3.83. The van der Waals surface area contributed by atoms with Gasteiger partial charge in [-0.25, -0.2) is 24.7 Å². The highest BCUT2D eigenvalue weighted by atomic mass is 32.1. The van der Waals surface area contributed by atoms with Crippen molar-refractivity contribution in [3.05, 3.63) is 91.9 Å². The van der Waals surface area contributed by atoms with Crippen LogP contribution < -0.4 is 20.7 Å². The first kappa shape index (κ1) is 27.8. The third-order valence-corrected chi connectivity index (χ3v) is 9.41. The molecule has 7 rings (SSSR count). The number of anilines is 2. The molecule has 0 aliphatic carbocycles. The fourth-order valence-electron chi connectivity index (χ4n) is 5.63. The molecule has 6 aromatic heterocycles. The fraction of sp³-hybridized carbons (Fsp3) is 0.207. The summed E-state index contributed by atoms with van der Waals surface area (Å²) in [6.45, 7) is 0.890. The van der Waals surface area contributed by atoms with Crippen LogP contribution in [0.25, 0.3) is 32.3 Å². The third-order valence-electron chi connectivity index (χ3n) is 7.87. The van der Waals surface area contributed by atoms with Crippen molar-refractivity contribution in [1.29, 1.82) is 0 Å². The van der Waals surface area contributed by atoms with Crippen LogP contribution in [0.15, 0.2) is 75.5 Å². The first-order valence-corrected chi connectivity index (χ1v) is 15.3. The van der Waals surface area contributed by atoms with Gasteiger partial charge in [-0.1, -0.05) is 0 Å². The van der Waals surface area contributed by atoms with Gasteiger partial charge in [-0.05, 0) is 24.3 Å². The summed E-state index contributed by atoms with van der Waals surface area (Å²) in [5, 5.41) is 25.4. The summed E-state index contributed by atoms with van der Waals surface area (Å²) >= 11 is 2.73. The molecule has 0 radical (unpaired) electrons. The summed E-state index contributed by atoms with van der Waals surface area (Å²) in [6, 6.07) is 8.17. The Morgan fingerprint density at radius 3 is 2.34 bits per heavy atom. The lowest BCUT2D eigenvalue weighted by Gasteiger charge is -2.29. The van der Waals surface area contributed by atoms with E-state index in [1.54, 1.807) is 52.8 Å². The highest BCUT2D eigenvalue weighted by Gasteiger charge is 2.36. The second kappa shape index (κ2) is 10.9. The lowest BCUT2D eigenvalue weighted by Crippen LogP contribution is -2.40. The maximum atomic E-state index is 13.0. The van der Waals surface area contributed by atoms with Crippen molar-refractivity contribution in [2.24, 2.45) is 5.92 Å². The third kappa shape index (κ3) is 4.61. The number of aliphatic hydroxyl groups is 1. The van der Waals surface area contributed by atoms with E-state index in [1.807, 2.05) is 22.2 Å². The van der Waals surface area contributed by atoms with Crippen molar-refractivity contribution in [1.82, 2.24) is 29.1 Å². The van der Waals surface area contributed by atoms with Gasteiger partial charge in [0.25, 0.3) is 0 Å². The number of hydrogen-bond donors (Lipinski definition) is 2. The number of hydrogen-bond acceptors (Lipinski definition) is 12. The van der Waals surface area contributed by atoms with Gasteiger partial charge in [-0.3, -0.25) is 18.7 Å². The standard InChI is InChI=1S/C29H24N8O5S2/c1-34(22-4-2-17-21(39)6-9-36(25(17)32-22)28-30-7-10-43-28)20-14-35(12-16(20)15-38)23-5-3-18-24(40)19(27(41)42)13-37(26(18)33-23)29-31-8-11-44-29/h2-11,13,16,20,38H,12,14-15H2,1H3,(H,41,42)/t16-,20+/m1/s1. The number of fused-ring (bicyclic) bond motifs is 2. The highest BCUT2D eigenvalue weighted by Crippen LogP contribution is 2.30. The number of pyridine rings is 4.